The van der Waals surface area contributed by atoms with Crippen LogP contribution in [0.15, 0.2) is 84.9 Å². The van der Waals surface area contributed by atoms with Crippen molar-refractivity contribution in [3.8, 4) is 34.0 Å². The van der Waals surface area contributed by atoms with Gasteiger partial charge < -0.3 is 24.3 Å². The highest BCUT2D eigenvalue weighted by Crippen LogP contribution is 2.37. The number of carbonyl (C=O) groups is 1. The zero-order chi connectivity index (χ0) is 30.5. The van der Waals surface area contributed by atoms with Gasteiger partial charge in [-0.05, 0) is 90.7 Å². The van der Waals surface area contributed by atoms with Crippen LogP contribution in [0.5, 0.6) is 11.5 Å². The van der Waals surface area contributed by atoms with Crippen LogP contribution in [0, 0.1) is 0 Å². The summed E-state index contributed by atoms with van der Waals surface area (Å²) in [6, 6.07) is 27.1. The number of carboxylic acids is 1. The van der Waals surface area contributed by atoms with E-state index in [4.69, 9.17) is 31.2 Å². The Morgan fingerprint density at radius 2 is 1.59 bits per heavy atom. The molecule has 4 aromatic carbocycles. The molecule has 226 valence electrons. The fourth-order valence-corrected chi connectivity index (χ4v) is 6.08. The van der Waals surface area contributed by atoms with Gasteiger partial charge in [-0.2, -0.15) is 0 Å². The van der Waals surface area contributed by atoms with Gasteiger partial charge in [0.25, 0.3) is 0 Å². The summed E-state index contributed by atoms with van der Waals surface area (Å²) in [5, 5.41) is 19.3. The molecule has 0 spiro atoms. The fourth-order valence-electron chi connectivity index (χ4n) is 5.95. The lowest BCUT2D eigenvalue weighted by Crippen LogP contribution is -2.14. The van der Waals surface area contributed by atoms with Crippen LogP contribution in [0.25, 0.3) is 33.5 Å². The van der Waals surface area contributed by atoms with Gasteiger partial charge in [0.05, 0.1) is 23.2 Å². The van der Waals surface area contributed by atoms with Gasteiger partial charge in [-0.1, -0.05) is 49.1 Å². The molecule has 0 atom stereocenters. The van der Waals surface area contributed by atoms with Crippen molar-refractivity contribution in [3.63, 3.8) is 0 Å². The zero-order valence-electron chi connectivity index (χ0n) is 24.4. The quantitative estimate of drug-likeness (QED) is 0.146. The standard InChI is InChI=1S/C36H35ClN2O5/c37-28-12-7-24(8-13-28)32-17-16-31(43-20-4-19-40)21-27(32)23-44-30-14-9-25(10-15-30)35-38-33-22-26(36(41)42)11-18-34(33)39(35)29-5-2-1-3-6-29/h7-18,21-22,29,40H,1-6,19-20,23H2,(H,41,42). The van der Waals surface area contributed by atoms with E-state index in [0.29, 0.717) is 36.2 Å². The van der Waals surface area contributed by atoms with Gasteiger partial charge in [-0.3, -0.25) is 0 Å². The smallest absolute Gasteiger partial charge is 0.335 e. The van der Waals surface area contributed by atoms with E-state index in [-0.39, 0.29) is 12.2 Å². The number of carboxylic acid groups (broad SMARTS) is 1. The SMILES string of the molecule is O=C(O)c1ccc2c(c1)nc(-c1ccc(OCc3cc(OCCCO)ccc3-c3ccc(Cl)cc3)cc1)n2C1CCCCC1. The van der Waals surface area contributed by atoms with Crippen molar-refractivity contribution in [1.82, 2.24) is 9.55 Å². The summed E-state index contributed by atoms with van der Waals surface area (Å²) < 4.78 is 14.4. The summed E-state index contributed by atoms with van der Waals surface area (Å²) in [5.41, 5.74) is 5.87. The van der Waals surface area contributed by atoms with Crippen molar-refractivity contribution in [2.75, 3.05) is 13.2 Å². The number of aromatic carboxylic acids is 1. The van der Waals surface area contributed by atoms with Crippen molar-refractivity contribution in [2.24, 2.45) is 0 Å². The minimum atomic E-state index is -0.955. The summed E-state index contributed by atoms with van der Waals surface area (Å²) in [7, 11) is 0. The summed E-state index contributed by atoms with van der Waals surface area (Å²) >= 11 is 6.13. The molecule has 1 aliphatic carbocycles. The minimum absolute atomic E-state index is 0.0785. The molecule has 6 rings (SSSR count). The molecule has 0 radical (unpaired) electrons. The zero-order valence-corrected chi connectivity index (χ0v) is 25.2. The lowest BCUT2D eigenvalue weighted by molar-refractivity contribution is 0.0697. The number of benzene rings is 4. The molecule has 8 heteroatoms. The predicted octanol–water partition coefficient (Wildman–Crippen LogP) is 8.57. The molecule has 1 aliphatic rings. The first-order chi connectivity index (χ1) is 21.5. The van der Waals surface area contributed by atoms with Crippen molar-refractivity contribution in [2.45, 2.75) is 51.2 Å². The van der Waals surface area contributed by atoms with E-state index in [2.05, 4.69) is 4.57 Å². The first kappa shape index (κ1) is 29.7. The second-order valence-electron chi connectivity index (χ2n) is 11.2. The molecule has 44 heavy (non-hydrogen) atoms. The lowest BCUT2D eigenvalue weighted by atomic mass is 9.95. The first-order valence-corrected chi connectivity index (χ1v) is 15.5. The molecular formula is C36H35ClN2O5. The number of hydrogen-bond donors (Lipinski definition) is 2. The Balaban J connectivity index is 1.27. The van der Waals surface area contributed by atoms with Crippen molar-refractivity contribution in [3.05, 3.63) is 101 Å². The third-order valence-corrected chi connectivity index (χ3v) is 8.44. The van der Waals surface area contributed by atoms with Gasteiger partial charge in [0.2, 0.25) is 0 Å². The third-order valence-electron chi connectivity index (χ3n) is 8.19. The van der Waals surface area contributed by atoms with Crippen molar-refractivity contribution < 1.29 is 24.5 Å². The third kappa shape index (κ3) is 6.59. The van der Waals surface area contributed by atoms with E-state index in [1.807, 2.05) is 72.8 Å². The Morgan fingerprint density at radius 1 is 0.864 bits per heavy atom. The number of aliphatic hydroxyl groups is 1. The number of imidazole rings is 1. The maximum atomic E-state index is 11.6. The Kier molecular flexibility index (Phi) is 9.15. The summed E-state index contributed by atoms with van der Waals surface area (Å²) in [6.45, 7) is 0.837. The molecule has 2 N–H and O–H groups in total. The fraction of sp³-hybridized carbons (Fsp3) is 0.278. The first-order valence-electron chi connectivity index (χ1n) is 15.1. The number of fused-ring (bicyclic) bond motifs is 1. The van der Waals surface area contributed by atoms with E-state index in [0.717, 1.165) is 57.9 Å². The van der Waals surface area contributed by atoms with Gasteiger partial charge >= 0.3 is 5.97 Å². The number of rotatable bonds is 11. The molecule has 0 amide bonds. The maximum absolute atomic E-state index is 11.6. The summed E-state index contributed by atoms with van der Waals surface area (Å²) in [6.07, 6.45) is 6.32. The van der Waals surface area contributed by atoms with Crippen LogP contribution in [0.3, 0.4) is 0 Å². The topological polar surface area (TPSA) is 93.8 Å². The second-order valence-corrected chi connectivity index (χ2v) is 11.6. The largest absolute Gasteiger partial charge is 0.493 e. The van der Waals surface area contributed by atoms with Gasteiger partial charge in [0.15, 0.2) is 0 Å². The van der Waals surface area contributed by atoms with E-state index < -0.39 is 5.97 Å². The molecule has 1 fully saturated rings. The molecule has 0 bridgehead atoms. The van der Waals surface area contributed by atoms with Crippen molar-refractivity contribution in [1.29, 1.82) is 0 Å². The molecule has 1 heterocycles. The Morgan fingerprint density at radius 3 is 2.32 bits per heavy atom. The van der Waals surface area contributed by atoms with Crippen LogP contribution in [-0.4, -0.2) is 38.9 Å². The molecule has 0 aliphatic heterocycles. The van der Waals surface area contributed by atoms with Crippen LogP contribution in [0.2, 0.25) is 5.02 Å². The van der Waals surface area contributed by atoms with Gasteiger partial charge in [0, 0.05) is 35.2 Å². The summed E-state index contributed by atoms with van der Waals surface area (Å²) in [4.78, 5) is 16.6. The number of ether oxygens (including phenoxy) is 2. The van der Waals surface area contributed by atoms with E-state index in [1.54, 1.807) is 12.1 Å². The number of aliphatic hydroxyl groups excluding tert-OH is 1. The van der Waals surface area contributed by atoms with Crippen LogP contribution in [0.1, 0.15) is 60.5 Å². The van der Waals surface area contributed by atoms with Crippen LogP contribution in [-0.2, 0) is 6.61 Å². The molecule has 0 saturated heterocycles. The predicted molar refractivity (Wildman–Crippen MR) is 173 cm³/mol. The van der Waals surface area contributed by atoms with Crippen molar-refractivity contribution >= 4 is 28.6 Å². The molecule has 1 aromatic heterocycles. The maximum Gasteiger partial charge on any atom is 0.335 e. The average molecular weight is 611 g/mol. The highest BCUT2D eigenvalue weighted by Gasteiger charge is 2.23. The molecule has 1 saturated carbocycles. The Labute approximate surface area is 261 Å². The summed E-state index contributed by atoms with van der Waals surface area (Å²) in [5.74, 6) is 1.33. The molecule has 5 aromatic rings. The number of aromatic nitrogens is 2. The van der Waals surface area contributed by atoms with E-state index >= 15 is 0 Å². The number of nitrogens with zero attached hydrogens (tertiary/aromatic N) is 2. The number of halogens is 1. The van der Waals surface area contributed by atoms with Crippen LogP contribution >= 0.6 is 11.6 Å². The highest BCUT2D eigenvalue weighted by atomic mass is 35.5. The average Bonchev–Trinajstić information content (AvgIpc) is 3.44. The Bertz CT molecular complexity index is 1740. The normalized spacial score (nSPS) is 13.7. The lowest BCUT2D eigenvalue weighted by Gasteiger charge is -2.25. The minimum Gasteiger partial charge on any atom is -0.493 e. The molecule has 7 nitrogen and oxygen atoms in total. The van der Waals surface area contributed by atoms with Gasteiger partial charge in [-0.15, -0.1) is 0 Å². The number of hydrogen-bond acceptors (Lipinski definition) is 5. The van der Waals surface area contributed by atoms with Gasteiger partial charge in [0.1, 0.15) is 23.9 Å². The van der Waals surface area contributed by atoms with E-state index in [1.165, 1.54) is 19.3 Å². The van der Waals surface area contributed by atoms with Crippen LogP contribution < -0.4 is 9.47 Å². The molecular weight excluding hydrogens is 576 g/mol. The highest BCUT2D eigenvalue weighted by molar-refractivity contribution is 6.30. The van der Waals surface area contributed by atoms with E-state index in [9.17, 15) is 9.90 Å². The second kappa shape index (κ2) is 13.5. The monoisotopic (exact) mass is 610 g/mol. The van der Waals surface area contributed by atoms with Crippen LogP contribution in [0.4, 0.5) is 0 Å². The Hall–Kier alpha value is -4.33. The van der Waals surface area contributed by atoms with Gasteiger partial charge in [-0.25, -0.2) is 9.78 Å². The molecule has 0 unspecified atom stereocenters.